The molecule has 0 aliphatic heterocycles. The number of hydrogen-bond acceptors (Lipinski definition) is 5. The molecule has 0 aliphatic carbocycles. The van der Waals surface area contributed by atoms with E-state index in [1.165, 1.54) is 24.3 Å². The van der Waals surface area contributed by atoms with Crippen LogP contribution >= 0.6 is 0 Å². The Morgan fingerprint density at radius 3 is 2.27 bits per heavy atom. The van der Waals surface area contributed by atoms with Gasteiger partial charge in [-0.15, -0.1) is 0 Å². The van der Waals surface area contributed by atoms with E-state index >= 15 is 0 Å². The zero-order valence-electron chi connectivity index (χ0n) is 17.9. The Bertz CT molecular complexity index is 1350. The van der Waals surface area contributed by atoms with E-state index in [-0.39, 0.29) is 22.9 Å². The van der Waals surface area contributed by atoms with E-state index in [1.807, 2.05) is 30.3 Å². The van der Waals surface area contributed by atoms with E-state index < -0.39 is 15.8 Å². The van der Waals surface area contributed by atoms with Crippen molar-refractivity contribution in [3.63, 3.8) is 0 Å². The second kappa shape index (κ2) is 9.50. The molecule has 4 aromatic rings. The molecule has 1 heterocycles. The number of carbonyl (C=O) groups excluding carboxylic acids is 1. The van der Waals surface area contributed by atoms with Gasteiger partial charge in [0.2, 0.25) is 5.89 Å². The maximum absolute atomic E-state index is 13.3. The normalized spacial score (nSPS) is 12.4. The fourth-order valence-electron chi connectivity index (χ4n) is 3.62. The number of aromatic nitrogens is 1. The molecule has 5 nitrogen and oxygen atoms in total. The van der Waals surface area contributed by atoms with Crippen LogP contribution < -0.4 is 0 Å². The largest absolute Gasteiger partial charge is 0.440 e. The number of benzene rings is 3. The summed E-state index contributed by atoms with van der Waals surface area (Å²) in [5.74, 6) is -0.182. The van der Waals surface area contributed by atoms with Crippen LogP contribution in [0.5, 0.6) is 0 Å². The SMILES string of the molecule is CS(=O)(=O)c1ccc(C(Cc2ccc(F)cc2)C(=O)Cc2ncc(-c3ccccc3)o2)cc1. The van der Waals surface area contributed by atoms with Crippen molar-refractivity contribution >= 4 is 15.6 Å². The highest BCUT2D eigenvalue weighted by Crippen LogP contribution is 2.27. The number of sulfone groups is 1. The van der Waals surface area contributed by atoms with Gasteiger partial charge in [-0.2, -0.15) is 0 Å². The van der Waals surface area contributed by atoms with Gasteiger partial charge in [-0.3, -0.25) is 4.79 Å². The first-order valence-electron chi connectivity index (χ1n) is 10.4. The average molecular weight is 464 g/mol. The molecule has 0 saturated carbocycles. The first-order valence-corrected chi connectivity index (χ1v) is 12.3. The van der Waals surface area contributed by atoms with Gasteiger partial charge in [-0.1, -0.05) is 54.6 Å². The predicted octanol–water partition coefficient (Wildman–Crippen LogP) is 5.02. The van der Waals surface area contributed by atoms with Crippen molar-refractivity contribution in [2.75, 3.05) is 6.26 Å². The summed E-state index contributed by atoms with van der Waals surface area (Å²) < 4.78 is 42.8. The number of nitrogens with zero attached hydrogens (tertiary/aromatic N) is 1. The molecule has 168 valence electrons. The third-order valence-corrected chi connectivity index (χ3v) is 6.52. The summed E-state index contributed by atoms with van der Waals surface area (Å²) in [6, 6.07) is 21.7. The minimum atomic E-state index is -3.35. The molecule has 3 aromatic carbocycles. The maximum Gasteiger partial charge on any atom is 0.202 e. The summed E-state index contributed by atoms with van der Waals surface area (Å²) in [7, 11) is -3.35. The van der Waals surface area contributed by atoms with E-state index in [9.17, 15) is 17.6 Å². The molecule has 1 unspecified atom stereocenters. The number of Topliss-reactive ketones (excluding diaryl/α,β-unsaturated/α-hetero) is 1. The molecule has 7 heteroatoms. The van der Waals surface area contributed by atoms with Crippen LogP contribution in [0.3, 0.4) is 0 Å². The third kappa shape index (κ3) is 5.62. The molecule has 0 saturated heterocycles. The topological polar surface area (TPSA) is 77.2 Å². The lowest BCUT2D eigenvalue weighted by atomic mass is 9.87. The number of hydrogen-bond donors (Lipinski definition) is 0. The Kier molecular flexibility index (Phi) is 6.51. The Balaban J connectivity index is 1.60. The van der Waals surface area contributed by atoms with Gasteiger partial charge in [-0.05, 0) is 41.8 Å². The van der Waals surface area contributed by atoms with Crippen molar-refractivity contribution in [3.05, 3.63) is 108 Å². The van der Waals surface area contributed by atoms with Crippen molar-refractivity contribution in [2.45, 2.75) is 23.7 Å². The Morgan fingerprint density at radius 1 is 0.970 bits per heavy atom. The van der Waals surface area contributed by atoms with E-state index in [4.69, 9.17) is 4.42 Å². The molecule has 33 heavy (non-hydrogen) atoms. The molecule has 0 fully saturated rings. The number of carbonyl (C=O) groups is 1. The van der Waals surface area contributed by atoms with Crippen LogP contribution in [0.25, 0.3) is 11.3 Å². The quantitative estimate of drug-likeness (QED) is 0.367. The molecular weight excluding hydrogens is 441 g/mol. The van der Waals surface area contributed by atoms with Gasteiger partial charge in [0.25, 0.3) is 0 Å². The molecule has 1 atom stereocenters. The zero-order valence-corrected chi connectivity index (χ0v) is 18.8. The minimum Gasteiger partial charge on any atom is -0.440 e. The van der Waals surface area contributed by atoms with E-state index in [2.05, 4.69) is 4.98 Å². The maximum atomic E-state index is 13.3. The molecular formula is C26H22FNO4S. The highest BCUT2D eigenvalue weighted by molar-refractivity contribution is 7.90. The van der Waals surface area contributed by atoms with Gasteiger partial charge in [0.1, 0.15) is 11.6 Å². The van der Waals surface area contributed by atoms with Crippen LogP contribution in [-0.4, -0.2) is 25.4 Å². The lowest BCUT2D eigenvalue weighted by Gasteiger charge is -2.16. The Labute approximate surface area is 191 Å². The van der Waals surface area contributed by atoms with Gasteiger partial charge >= 0.3 is 0 Å². The Hall–Kier alpha value is -3.58. The highest BCUT2D eigenvalue weighted by atomic mass is 32.2. The molecule has 0 N–H and O–H groups in total. The second-order valence-corrected chi connectivity index (χ2v) is 9.87. The lowest BCUT2D eigenvalue weighted by molar-refractivity contribution is -0.120. The molecule has 0 aliphatic rings. The highest BCUT2D eigenvalue weighted by Gasteiger charge is 2.24. The van der Waals surface area contributed by atoms with Gasteiger partial charge in [0.05, 0.1) is 17.5 Å². The molecule has 4 rings (SSSR count). The molecule has 1 aromatic heterocycles. The third-order valence-electron chi connectivity index (χ3n) is 5.39. The second-order valence-electron chi connectivity index (χ2n) is 7.85. The van der Waals surface area contributed by atoms with E-state index in [1.54, 1.807) is 30.5 Å². The van der Waals surface area contributed by atoms with Gasteiger partial charge in [-0.25, -0.2) is 17.8 Å². The van der Waals surface area contributed by atoms with Crippen molar-refractivity contribution in [1.82, 2.24) is 4.98 Å². The summed E-state index contributed by atoms with van der Waals surface area (Å²) in [5, 5.41) is 0. The average Bonchev–Trinajstić information content (AvgIpc) is 3.27. The summed E-state index contributed by atoms with van der Waals surface area (Å²) in [5.41, 5.74) is 2.33. The van der Waals surface area contributed by atoms with Crippen molar-refractivity contribution in [3.8, 4) is 11.3 Å². The first kappa shape index (κ1) is 22.6. The van der Waals surface area contributed by atoms with Crippen LogP contribution in [0.4, 0.5) is 4.39 Å². The molecule has 0 amide bonds. The predicted molar refractivity (Wildman–Crippen MR) is 123 cm³/mol. The van der Waals surface area contributed by atoms with Crippen LogP contribution in [-0.2, 0) is 27.5 Å². The lowest BCUT2D eigenvalue weighted by Crippen LogP contribution is -2.18. The standard InChI is InChI=1S/C26H22FNO4S/c1-33(30,31)22-13-9-19(10-14-22)23(15-18-7-11-21(27)12-8-18)24(29)16-26-28-17-25(32-26)20-5-3-2-4-6-20/h2-14,17,23H,15-16H2,1H3. The molecule has 0 radical (unpaired) electrons. The first-order chi connectivity index (χ1) is 15.8. The van der Waals surface area contributed by atoms with E-state index in [0.717, 1.165) is 17.4 Å². The monoisotopic (exact) mass is 463 g/mol. The molecule has 0 spiro atoms. The summed E-state index contributed by atoms with van der Waals surface area (Å²) in [6.45, 7) is 0. The van der Waals surface area contributed by atoms with Crippen LogP contribution in [0.2, 0.25) is 0 Å². The van der Waals surface area contributed by atoms with Crippen molar-refractivity contribution in [1.29, 1.82) is 0 Å². The summed E-state index contributed by atoms with van der Waals surface area (Å²) in [6.07, 6.45) is 3.04. The number of ketones is 1. The number of halogens is 1. The zero-order chi connectivity index (χ0) is 23.4. The number of oxazole rings is 1. The molecule has 0 bridgehead atoms. The minimum absolute atomic E-state index is 0.0213. The fraction of sp³-hybridized carbons (Fsp3) is 0.154. The van der Waals surface area contributed by atoms with Gasteiger partial charge in [0.15, 0.2) is 15.6 Å². The smallest absolute Gasteiger partial charge is 0.202 e. The van der Waals surface area contributed by atoms with Gasteiger partial charge in [0, 0.05) is 17.7 Å². The van der Waals surface area contributed by atoms with Crippen LogP contribution in [0, 0.1) is 5.82 Å². The van der Waals surface area contributed by atoms with Crippen LogP contribution in [0.15, 0.2) is 94.4 Å². The fourth-order valence-corrected chi connectivity index (χ4v) is 4.25. The summed E-state index contributed by atoms with van der Waals surface area (Å²) >= 11 is 0. The number of rotatable bonds is 8. The van der Waals surface area contributed by atoms with Gasteiger partial charge < -0.3 is 4.42 Å². The van der Waals surface area contributed by atoms with E-state index in [0.29, 0.717) is 23.6 Å². The Morgan fingerprint density at radius 2 is 1.64 bits per heavy atom. The van der Waals surface area contributed by atoms with Crippen LogP contribution in [0.1, 0.15) is 22.9 Å². The van der Waals surface area contributed by atoms with Crippen molar-refractivity contribution < 1.29 is 22.0 Å². The summed E-state index contributed by atoms with van der Waals surface area (Å²) in [4.78, 5) is 17.8. The van der Waals surface area contributed by atoms with Crippen molar-refractivity contribution in [2.24, 2.45) is 0 Å².